The molecule has 0 aliphatic carbocycles. The van der Waals surface area contributed by atoms with Crippen molar-refractivity contribution in [1.29, 1.82) is 0 Å². The summed E-state index contributed by atoms with van der Waals surface area (Å²) in [6, 6.07) is 24.7. The first-order valence-corrected chi connectivity index (χ1v) is 13.6. The van der Waals surface area contributed by atoms with Crippen LogP contribution in [-0.4, -0.2) is 13.8 Å². The van der Waals surface area contributed by atoms with Crippen LogP contribution >= 0.6 is 23.4 Å². The molecule has 2 aliphatic rings. The summed E-state index contributed by atoms with van der Waals surface area (Å²) in [5.74, 6) is 0.959. The van der Waals surface area contributed by atoms with Gasteiger partial charge < -0.3 is 14.0 Å². The molecule has 0 aromatic heterocycles. The lowest BCUT2D eigenvalue weighted by molar-refractivity contribution is -0.137. The van der Waals surface area contributed by atoms with E-state index in [-0.39, 0.29) is 13.8 Å². The van der Waals surface area contributed by atoms with Gasteiger partial charge in [0.1, 0.15) is 11.5 Å². The van der Waals surface area contributed by atoms with E-state index in [0.717, 1.165) is 34.8 Å². The molecule has 2 heterocycles. The third-order valence-electron chi connectivity index (χ3n) is 6.55. The minimum absolute atomic E-state index is 0.0103. The fraction of sp³-hybridized carbons (Fsp3) is 0.172. The number of hydrogen-bond donors (Lipinski definition) is 0. The van der Waals surface area contributed by atoms with Crippen molar-refractivity contribution in [3.8, 4) is 11.5 Å². The van der Waals surface area contributed by atoms with E-state index in [1.165, 1.54) is 32.9 Å². The minimum atomic E-state index is -4.33. The van der Waals surface area contributed by atoms with Crippen molar-refractivity contribution in [3.05, 3.63) is 107 Å². The van der Waals surface area contributed by atoms with Crippen LogP contribution in [-0.2, 0) is 28.7 Å². The van der Waals surface area contributed by atoms with Crippen molar-refractivity contribution in [2.45, 2.75) is 42.8 Å². The van der Waals surface area contributed by atoms with Crippen molar-refractivity contribution in [2.24, 2.45) is 0 Å². The maximum Gasteiger partial charge on any atom is 0.416 e. The zero-order chi connectivity index (χ0) is 27.6. The minimum Gasteiger partial charge on any atom is -0.457 e. The highest BCUT2D eigenvalue weighted by Crippen LogP contribution is 2.32. The fourth-order valence-electron chi connectivity index (χ4n) is 4.39. The van der Waals surface area contributed by atoms with E-state index in [2.05, 4.69) is 25.0 Å². The van der Waals surface area contributed by atoms with Gasteiger partial charge in [-0.15, -0.1) is 0 Å². The molecule has 4 aromatic rings. The summed E-state index contributed by atoms with van der Waals surface area (Å²) in [5.41, 5.74) is 4.10. The fourth-order valence-corrected chi connectivity index (χ4v) is 5.38. The van der Waals surface area contributed by atoms with E-state index in [1.807, 2.05) is 43.2 Å². The first-order chi connectivity index (χ1) is 18.7. The highest BCUT2D eigenvalue weighted by molar-refractivity contribution is 7.99. The Hall–Kier alpha value is -2.84. The Labute approximate surface area is 235 Å². The molecule has 198 valence electrons. The van der Waals surface area contributed by atoms with Gasteiger partial charge in [0.25, 0.3) is 0 Å². The molecule has 0 spiro atoms. The van der Waals surface area contributed by atoms with Crippen LogP contribution in [0.25, 0.3) is 0 Å². The maximum atomic E-state index is 12.5. The molecule has 0 fully saturated rings. The van der Waals surface area contributed by atoms with Gasteiger partial charge >= 0.3 is 20.0 Å². The summed E-state index contributed by atoms with van der Waals surface area (Å²) in [7, 11) is 0. The Morgan fingerprint density at radius 1 is 0.718 bits per heavy atom. The molecule has 0 saturated heterocycles. The second-order valence-electron chi connectivity index (χ2n) is 9.31. The lowest BCUT2D eigenvalue weighted by Gasteiger charge is -2.10. The lowest BCUT2D eigenvalue weighted by atomic mass is 9.64. The van der Waals surface area contributed by atoms with Crippen molar-refractivity contribution >= 4 is 48.1 Å². The molecule has 0 atom stereocenters. The normalized spacial score (nSPS) is 14.0. The van der Waals surface area contributed by atoms with Crippen molar-refractivity contribution < 1.29 is 27.2 Å². The summed E-state index contributed by atoms with van der Waals surface area (Å²) in [4.78, 5) is 2.44. The monoisotopic (exact) mass is 566 g/mol. The van der Waals surface area contributed by atoms with E-state index in [1.54, 1.807) is 17.8 Å². The Bertz CT molecular complexity index is 1450. The van der Waals surface area contributed by atoms with Crippen molar-refractivity contribution in [1.82, 2.24) is 0 Å². The standard InChI is InChI=1S/C15H12BF3O2.C14H12BClOS/c1-16-14-8-13(5-2-10(14)9-20-16)21-12-6-3-11(4-7-12)15(17,18)19;1-15-14-8-13(5-2-10(14)9-17-15)18-12-6-3-11(16)4-7-12/h2-8H,9H2,1H3;2-8H,9H2,1H3. The molecule has 0 unspecified atom stereocenters. The summed E-state index contributed by atoms with van der Waals surface area (Å²) < 4.78 is 54.2. The molecule has 0 radical (unpaired) electrons. The van der Waals surface area contributed by atoms with E-state index >= 15 is 0 Å². The molecule has 6 rings (SSSR count). The summed E-state index contributed by atoms with van der Waals surface area (Å²) in [6.07, 6.45) is -4.33. The van der Waals surface area contributed by atoms with Crippen LogP contribution in [0.2, 0.25) is 18.7 Å². The van der Waals surface area contributed by atoms with E-state index in [4.69, 9.17) is 25.6 Å². The number of benzene rings is 4. The average molecular weight is 567 g/mol. The molecule has 0 N–H and O–H groups in total. The smallest absolute Gasteiger partial charge is 0.416 e. The van der Waals surface area contributed by atoms with Gasteiger partial charge in [-0.2, -0.15) is 13.2 Å². The van der Waals surface area contributed by atoms with Gasteiger partial charge in [0.2, 0.25) is 0 Å². The molecule has 2 aliphatic heterocycles. The van der Waals surface area contributed by atoms with Crippen molar-refractivity contribution in [3.63, 3.8) is 0 Å². The zero-order valence-electron chi connectivity index (χ0n) is 21.3. The van der Waals surface area contributed by atoms with E-state index in [0.29, 0.717) is 18.1 Å². The van der Waals surface area contributed by atoms with Gasteiger partial charge in [0.15, 0.2) is 0 Å². The molecule has 4 aromatic carbocycles. The number of ether oxygens (including phenoxy) is 1. The highest BCUT2D eigenvalue weighted by Gasteiger charge is 2.30. The molecule has 0 saturated carbocycles. The SMILES string of the molecule is CB1OCc2ccc(Oc3ccc(C(F)(F)F)cc3)cc21.CB1OCc2ccc(Sc3ccc(Cl)cc3)cc21. The highest BCUT2D eigenvalue weighted by atomic mass is 35.5. The largest absolute Gasteiger partial charge is 0.457 e. The number of halogens is 4. The summed E-state index contributed by atoms with van der Waals surface area (Å²) >= 11 is 7.63. The van der Waals surface area contributed by atoms with Crippen molar-refractivity contribution in [2.75, 3.05) is 0 Å². The molecule has 39 heavy (non-hydrogen) atoms. The average Bonchev–Trinajstić information content (AvgIpc) is 3.47. The molecule has 10 heteroatoms. The second-order valence-corrected chi connectivity index (χ2v) is 10.9. The van der Waals surface area contributed by atoms with Crippen LogP contribution in [0.4, 0.5) is 13.2 Å². The third kappa shape index (κ3) is 6.84. The predicted octanol–water partition coefficient (Wildman–Crippen LogP) is 7.71. The molecule has 3 nitrogen and oxygen atoms in total. The Morgan fingerprint density at radius 2 is 1.26 bits per heavy atom. The molecular formula is C29H24B2ClF3O3S. The Balaban J connectivity index is 0.000000160. The third-order valence-corrected chi connectivity index (χ3v) is 7.80. The van der Waals surface area contributed by atoms with E-state index < -0.39 is 11.7 Å². The van der Waals surface area contributed by atoms with Gasteiger partial charge in [-0.25, -0.2) is 0 Å². The van der Waals surface area contributed by atoms with Gasteiger partial charge in [-0.1, -0.05) is 55.2 Å². The number of fused-ring (bicyclic) bond motifs is 2. The summed E-state index contributed by atoms with van der Waals surface area (Å²) in [5, 5.41) is 0.773. The van der Waals surface area contributed by atoms with Crippen LogP contribution < -0.4 is 15.7 Å². The maximum absolute atomic E-state index is 12.5. The van der Waals surface area contributed by atoms with Crippen LogP contribution in [0.15, 0.2) is 94.7 Å². The van der Waals surface area contributed by atoms with Crippen LogP contribution in [0.1, 0.15) is 16.7 Å². The molecule has 0 bridgehead atoms. The Morgan fingerprint density at radius 3 is 1.87 bits per heavy atom. The van der Waals surface area contributed by atoms with Crippen LogP contribution in [0, 0.1) is 0 Å². The predicted molar refractivity (Wildman–Crippen MR) is 152 cm³/mol. The first kappa shape index (κ1) is 27.7. The lowest BCUT2D eigenvalue weighted by Crippen LogP contribution is -2.24. The van der Waals surface area contributed by atoms with Crippen LogP contribution in [0.3, 0.4) is 0 Å². The topological polar surface area (TPSA) is 27.7 Å². The molecular weight excluding hydrogens is 542 g/mol. The van der Waals surface area contributed by atoms with Gasteiger partial charge in [-0.05, 0) is 88.8 Å². The second kappa shape index (κ2) is 11.7. The number of alkyl halides is 3. The quantitative estimate of drug-likeness (QED) is 0.237. The number of rotatable bonds is 4. The van der Waals surface area contributed by atoms with Gasteiger partial charge in [0.05, 0.1) is 18.8 Å². The van der Waals surface area contributed by atoms with Crippen LogP contribution in [0.5, 0.6) is 11.5 Å². The zero-order valence-corrected chi connectivity index (χ0v) is 22.9. The number of hydrogen-bond acceptors (Lipinski definition) is 4. The van der Waals surface area contributed by atoms with Gasteiger partial charge in [-0.3, -0.25) is 0 Å². The first-order valence-electron chi connectivity index (χ1n) is 12.4. The van der Waals surface area contributed by atoms with Gasteiger partial charge in [0, 0.05) is 14.8 Å². The summed E-state index contributed by atoms with van der Waals surface area (Å²) in [6.45, 7) is 5.59. The Kier molecular flexibility index (Phi) is 8.33. The van der Waals surface area contributed by atoms with E-state index in [9.17, 15) is 13.2 Å². The molecule has 0 amide bonds.